The zero-order valence-electron chi connectivity index (χ0n) is 10.3. The molecule has 0 saturated carbocycles. The largest absolute Gasteiger partial charge is 0.524 e. The maximum atomic E-state index is 11.1. The van der Waals surface area contributed by atoms with E-state index in [1.807, 2.05) is 0 Å². The molecule has 0 aliphatic rings. The summed E-state index contributed by atoms with van der Waals surface area (Å²) in [4.78, 5) is 43.7. The molecule has 0 radical (unpaired) electrons. The maximum Gasteiger partial charge on any atom is 0.524 e. The fourth-order valence-electron chi connectivity index (χ4n) is 1.17. The molecule has 0 aliphatic heterocycles. The van der Waals surface area contributed by atoms with E-state index in [0.29, 0.717) is 0 Å². The van der Waals surface area contributed by atoms with Gasteiger partial charge in [0, 0.05) is 24.9 Å². The van der Waals surface area contributed by atoms with E-state index in [-0.39, 0.29) is 0 Å². The fraction of sp³-hybridized carbons (Fsp3) is 0.143. The minimum Gasteiger partial charge on any atom is -0.424 e. The third kappa shape index (κ3) is 8.21. The first-order valence-electron chi connectivity index (χ1n) is 4.89. The molecule has 0 aromatic heterocycles. The van der Waals surface area contributed by atoms with Gasteiger partial charge < -0.3 is 18.5 Å². The van der Waals surface area contributed by atoms with Crippen molar-refractivity contribution in [3.63, 3.8) is 0 Å². The summed E-state index contributed by atoms with van der Waals surface area (Å²) < 4.78 is 45.5. The first kappa shape index (κ1) is 18.2. The van der Waals surface area contributed by atoms with E-state index in [2.05, 4.69) is 13.6 Å². The molecule has 1 atom stereocenters. The van der Waals surface area contributed by atoms with Gasteiger partial charge in [0.1, 0.15) is 17.2 Å². The molecule has 0 fully saturated rings. The van der Waals surface area contributed by atoms with Gasteiger partial charge >= 0.3 is 23.2 Å². The van der Waals surface area contributed by atoms with Crippen LogP contribution in [0, 0.1) is 0 Å². The molecule has 0 spiro atoms. The van der Waals surface area contributed by atoms with Crippen molar-refractivity contribution in [1.82, 2.24) is 0 Å². The topological polar surface area (TPSA) is 180 Å². The number of phosphoric acid groups is 2. The predicted octanol–water partition coefficient (Wildman–Crippen LogP) is 0.824. The summed E-state index contributed by atoms with van der Waals surface area (Å²) in [5.74, 6) is -1.62. The lowest BCUT2D eigenvalue weighted by molar-refractivity contribution is 0.280. The van der Waals surface area contributed by atoms with Crippen LogP contribution >= 0.6 is 23.2 Å². The van der Waals surface area contributed by atoms with E-state index in [1.54, 1.807) is 0 Å². The Morgan fingerprint density at radius 2 is 1.00 bits per heavy atom. The lowest BCUT2D eigenvalue weighted by Gasteiger charge is -2.14. The first-order valence-corrected chi connectivity index (χ1v) is 9.97. The normalized spacial score (nSPS) is 15.1. The van der Waals surface area contributed by atoms with Gasteiger partial charge in [-0.2, -0.15) is 0 Å². The van der Waals surface area contributed by atoms with Crippen molar-refractivity contribution >= 4 is 23.2 Å². The molecule has 5 N–H and O–H groups in total. The molecule has 120 valence electrons. The summed E-state index contributed by atoms with van der Waals surface area (Å²) in [6.45, 7) is 0.826. The molecule has 11 nitrogen and oxygen atoms in total. The van der Waals surface area contributed by atoms with Gasteiger partial charge in [-0.05, 0) is 0 Å². The quantitative estimate of drug-likeness (QED) is 0.451. The van der Waals surface area contributed by atoms with Gasteiger partial charge in [-0.3, -0.25) is 19.6 Å². The van der Waals surface area contributed by atoms with Crippen molar-refractivity contribution in [2.45, 2.75) is 0 Å². The average Bonchev–Trinajstić information content (AvgIpc) is 2.06. The molecular weight excluding hydrogens is 353 g/mol. The Hall–Kier alpha value is -0.890. The van der Waals surface area contributed by atoms with E-state index in [1.165, 1.54) is 0 Å². The monoisotopic (exact) mass is 364 g/mol. The highest BCUT2D eigenvalue weighted by Crippen LogP contribution is 2.46. The summed E-state index contributed by atoms with van der Waals surface area (Å²) in [6, 6.07) is 2.42. The van der Waals surface area contributed by atoms with Crippen LogP contribution in [-0.4, -0.2) is 31.1 Å². The fourth-order valence-corrected chi connectivity index (χ4v) is 2.43. The second-order valence-corrected chi connectivity index (χ2v) is 7.81. The summed E-state index contributed by atoms with van der Waals surface area (Å²) in [6.07, 6.45) is 0. The smallest absolute Gasteiger partial charge is 0.424 e. The van der Waals surface area contributed by atoms with Crippen LogP contribution in [0.3, 0.4) is 0 Å². The van der Waals surface area contributed by atoms with Crippen LogP contribution in [0.4, 0.5) is 0 Å². The molecule has 1 rings (SSSR count). The standard InChI is InChI=1S/C7H11O11P3/c1-19(8,9)16-5-2-6(17-20(10,11)12)4-7(3-5)18-21(13,14)15/h2-4H,1H3,(H,8,9)(H2,10,11,12)(H2,13,14,15). The first-order chi connectivity index (χ1) is 9.23. The highest BCUT2D eigenvalue weighted by molar-refractivity contribution is 7.52. The molecule has 0 aliphatic carbocycles. The molecule has 0 heterocycles. The second-order valence-electron chi connectivity index (χ2n) is 3.70. The molecule has 21 heavy (non-hydrogen) atoms. The van der Waals surface area contributed by atoms with Crippen molar-refractivity contribution < 1.29 is 51.7 Å². The van der Waals surface area contributed by atoms with Gasteiger partial charge in [0.25, 0.3) is 0 Å². The van der Waals surface area contributed by atoms with Crippen molar-refractivity contribution in [2.75, 3.05) is 6.66 Å². The number of phosphoric ester groups is 2. The lowest BCUT2D eigenvalue weighted by atomic mass is 10.3. The van der Waals surface area contributed by atoms with Crippen LogP contribution in [0.2, 0.25) is 0 Å². The van der Waals surface area contributed by atoms with E-state index in [0.717, 1.165) is 24.9 Å². The zero-order chi connectivity index (χ0) is 16.5. The third-order valence-corrected chi connectivity index (χ3v) is 3.02. The highest BCUT2D eigenvalue weighted by atomic mass is 31.2. The molecule has 1 aromatic rings. The number of rotatable bonds is 6. The Kier molecular flexibility index (Phi) is 5.26. The third-order valence-electron chi connectivity index (χ3n) is 1.58. The molecule has 0 saturated heterocycles. The predicted molar refractivity (Wildman–Crippen MR) is 68.2 cm³/mol. The van der Waals surface area contributed by atoms with Gasteiger partial charge in [-0.1, -0.05) is 0 Å². The van der Waals surface area contributed by atoms with Gasteiger partial charge in [0.2, 0.25) is 0 Å². The van der Waals surface area contributed by atoms with Crippen LogP contribution < -0.4 is 13.6 Å². The maximum absolute atomic E-state index is 11.1. The van der Waals surface area contributed by atoms with Crippen molar-refractivity contribution in [2.24, 2.45) is 0 Å². The van der Waals surface area contributed by atoms with Gasteiger partial charge in [0.15, 0.2) is 0 Å². The second kappa shape index (κ2) is 6.08. The van der Waals surface area contributed by atoms with Gasteiger partial charge in [0.05, 0.1) is 0 Å². The Balaban J connectivity index is 3.22. The molecule has 0 bridgehead atoms. The number of hydrogen-bond acceptors (Lipinski definition) is 6. The van der Waals surface area contributed by atoms with E-state index in [9.17, 15) is 13.7 Å². The number of benzene rings is 1. The van der Waals surface area contributed by atoms with Crippen LogP contribution in [0.1, 0.15) is 0 Å². The minimum absolute atomic E-state index is 0.447. The van der Waals surface area contributed by atoms with E-state index >= 15 is 0 Å². The zero-order valence-corrected chi connectivity index (χ0v) is 12.9. The van der Waals surface area contributed by atoms with Gasteiger partial charge in [-0.25, -0.2) is 13.7 Å². The Labute approximate surface area is 118 Å². The van der Waals surface area contributed by atoms with Crippen molar-refractivity contribution in [3.05, 3.63) is 18.2 Å². The SMILES string of the molecule is CP(=O)(O)Oc1cc(OP(=O)(O)O)cc(OP(=O)(O)O)c1. The lowest BCUT2D eigenvalue weighted by Crippen LogP contribution is -1.96. The molecule has 14 heteroatoms. The molecule has 1 aromatic carbocycles. The van der Waals surface area contributed by atoms with Gasteiger partial charge in [-0.15, -0.1) is 0 Å². The van der Waals surface area contributed by atoms with Crippen molar-refractivity contribution in [1.29, 1.82) is 0 Å². The minimum atomic E-state index is -4.97. The highest BCUT2D eigenvalue weighted by Gasteiger charge is 2.22. The summed E-state index contributed by atoms with van der Waals surface area (Å²) in [7, 11) is -14.0. The summed E-state index contributed by atoms with van der Waals surface area (Å²) in [5.41, 5.74) is 0. The van der Waals surface area contributed by atoms with E-state index in [4.69, 9.17) is 24.5 Å². The Morgan fingerprint density at radius 3 is 1.24 bits per heavy atom. The van der Waals surface area contributed by atoms with Crippen LogP contribution in [-0.2, 0) is 13.7 Å². The molecule has 1 unspecified atom stereocenters. The summed E-state index contributed by atoms with van der Waals surface area (Å²) in [5, 5.41) is 0. The average molecular weight is 364 g/mol. The Bertz CT molecular complexity index is 549. The number of hydrogen-bond donors (Lipinski definition) is 5. The van der Waals surface area contributed by atoms with E-state index < -0.39 is 40.5 Å². The molecule has 0 amide bonds. The molecular formula is C7H11O11P3. The van der Waals surface area contributed by atoms with Crippen LogP contribution in [0.25, 0.3) is 0 Å². The van der Waals surface area contributed by atoms with Crippen LogP contribution in [0.5, 0.6) is 17.2 Å². The van der Waals surface area contributed by atoms with Crippen LogP contribution in [0.15, 0.2) is 18.2 Å². The van der Waals surface area contributed by atoms with Crippen molar-refractivity contribution in [3.8, 4) is 17.2 Å². The summed E-state index contributed by atoms with van der Waals surface area (Å²) >= 11 is 0. The Morgan fingerprint density at radius 1 is 0.714 bits per heavy atom.